The predicted octanol–water partition coefficient (Wildman–Crippen LogP) is 2.96. The van der Waals surface area contributed by atoms with E-state index in [1.54, 1.807) is 0 Å². The minimum atomic E-state index is 0.357. The number of nitrogens with zero attached hydrogens (tertiary/aromatic N) is 1. The van der Waals surface area contributed by atoms with Crippen LogP contribution in [0.4, 0.5) is 0 Å². The maximum atomic E-state index is 9.51. The molecule has 0 aliphatic carbocycles. The lowest BCUT2D eigenvalue weighted by Gasteiger charge is -2.15. The zero-order chi connectivity index (χ0) is 13.5. The normalized spacial score (nSPS) is 23.9. The average Bonchev–Trinajstić information content (AvgIpc) is 2.83. The van der Waals surface area contributed by atoms with E-state index in [0.717, 1.165) is 6.54 Å². The average molecular weight is 261 g/mol. The van der Waals surface area contributed by atoms with Crippen LogP contribution in [-0.2, 0) is 6.42 Å². The van der Waals surface area contributed by atoms with Crippen molar-refractivity contribution in [1.82, 2.24) is 4.90 Å². The first-order chi connectivity index (χ1) is 9.33. The lowest BCUT2D eigenvalue weighted by molar-refractivity contribution is 0.196. The largest absolute Gasteiger partial charge is 0.396 e. The second kappa shape index (κ2) is 7.66. The van der Waals surface area contributed by atoms with Gasteiger partial charge in [-0.1, -0.05) is 37.3 Å². The van der Waals surface area contributed by atoms with Gasteiger partial charge in [-0.05, 0) is 49.6 Å². The fourth-order valence-electron chi connectivity index (χ4n) is 3.28. The summed E-state index contributed by atoms with van der Waals surface area (Å²) in [6.07, 6.45) is 4.88. The summed E-state index contributed by atoms with van der Waals surface area (Å²) in [6.45, 7) is 6.06. The summed E-state index contributed by atoms with van der Waals surface area (Å²) in [4.78, 5) is 2.52. The Morgan fingerprint density at radius 1 is 1.16 bits per heavy atom. The Bertz CT molecular complexity index is 352. The van der Waals surface area contributed by atoms with E-state index in [4.69, 9.17) is 0 Å². The minimum Gasteiger partial charge on any atom is -0.396 e. The number of likely N-dealkylation sites (tertiary alicyclic amines) is 1. The molecule has 2 heteroatoms. The number of rotatable bonds is 7. The van der Waals surface area contributed by atoms with Gasteiger partial charge in [0.2, 0.25) is 0 Å². The highest BCUT2D eigenvalue weighted by atomic mass is 16.3. The molecule has 2 rings (SSSR count). The fourth-order valence-corrected chi connectivity index (χ4v) is 3.28. The molecule has 0 amide bonds. The zero-order valence-electron chi connectivity index (χ0n) is 12.1. The molecule has 1 aromatic carbocycles. The summed E-state index contributed by atoms with van der Waals surface area (Å²) >= 11 is 0. The molecule has 0 aromatic heterocycles. The van der Waals surface area contributed by atoms with Gasteiger partial charge in [-0.3, -0.25) is 0 Å². The fraction of sp³-hybridized carbons (Fsp3) is 0.647. The molecule has 0 spiro atoms. The van der Waals surface area contributed by atoms with Crippen LogP contribution in [-0.4, -0.2) is 36.2 Å². The van der Waals surface area contributed by atoms with Gasteiger partial charge in [0.15, 0.2) is 0 Å². The van der Waals surface area contributed by atoms with Gasteiger partial charge in [0.1, 0.15) is 0 Å². The summed E-state index contributed by atoms with van der Waals surface area (Å²) in [7, 11) is 0. The highest BCUT2D eigenvalue weighted by molar-refractivity contribution is 5.14. The highest BCUT2D eigenvalue weighted by Gasteiger charge is 2.30. The molecule has 1 saturated heterocycles. The maximum Gasteiger partial charge on any atom is 0.0474 e. The number of benzene rings is 1. The summed E-state index contributed by atoms with van der Waals surface area (Å²) in [6, 6.07) is 10.7. The molecule has 1 N–H and O–H groups in total. The first-order valence-electron chi connectivity index (χ1n) is 7.70. The third-order valence-electron chi connectivity index (χ3n) is 4.31. The van der Waals surface area contributed by atoms with Crippen LogP contribution in [0.5, 0.6) is 0 Å². The molecule has 0 bridgehead atoms. The van der Waals surface area contributed by atoms with Crippen molar-refractivity contribution in [3.63, 3.8) is 0 Å². The molecule has 2 nitrogen and oxygen atoms in total. The smallest absolute Gasteiger partial charge is 0.0474 e. The Labute approximate surface area is 117 Å². The van der Waals surface area contributed by atoms with Crippen LogP contribution in [0.25, 0.3) is 0 Å². The van der Waals surface area contributed by atoms with Crippen molar-refractivity contribution in [3.8, 4) is 0 Å². The van der Waals surface area contributed by atoms with Crippen molar-refractivity contribution in [2.45, 2.75) is 32.6 Å². The van der Waals surface area contributed by atoms with E-state index in [1.165, 1.54) is 44.3 Å². The van der Waals surface area contributed by atoms with Crippen molar-refractivity contribution >= 4 is 0 Å². The molecule has 1 aliphatic heterocycles. The third kappa shape index (κ3) is 4.32. The van der Waals surface area contributed by atoms with Crippen LogP contribution < -0.4 is 0 Å². The monoisotopic (exact) mass is 261 g/mol. The van der Waals surface area contributed by atoms with E-state index in [-0.39, 0.29) is 0 Å². The molecular formula is C17H27NO. The Hall–Kier alpha value is -0.860. The molecular weight excluding hydrogens is 234 g/mol. The van der Waals surface area contributed by atoms with Crippen molar-refractivity contribution in [2.75, 3.05) is 26.2 Å². The van der Waals surface area contributed by atoms with Crippen LogP contribution in [0.1, 0.15) is 31.7 Å². The highest BCUT2D eigenvalue weighted by Crippen LogP contribution is 2.27. The second-order valence-corrected chi connectivity index (χ2v) is 5.84. The summed E-state index contributed by atoms with van der Waals surface area (Å²) in [5.74, 6) is 1.20. The lowest BCUT2D eigenvalue weighted by Crippen LogP contribution is -2.22. The molecule has 0 saturated carbocycles. The van der Waals surface area contributed by atoms with E-state index in [9.17, 15) is 5.11 Å². The Morgan fingerprint density at radius 2 is 1.89 bits per heavy atom. The predicted molar refractivity (Wildman–Crippen MR) is 80.2 cm³/mol. The van der Waals surface area contributed by atoms with Crippen LogP contribution in [0, 0.1) is 11.8 Å². The van der Waals surface area contributed by atoms with Gasteiger partial charge >= 0.3 is 0 Å². The molecule has 1 fully saturated rings. The molecule has 1 aliphatic rings. The van der Waals surface area contributed by atoms with Crippen molar-refractivity contribution in [1.29, 1.82) is 0 Å². The van der Waals surface area contributed by atoms with Gasteiger partial charge in [0.25, 0.3) is 0 Å². The van der Waals surface area contributed by atoms with Crippen molar-refractivity contribution in [3.05, 3.63) is 35.9 Å². The standard InChI is InChI=1S/C17H27NO/c1-2-11-18-12-16(17(13-18)14-19)10-6-9-15-7-4-3-5-8-15/h3-5,7-8,16-17,19H,2,6,9-14H2,1H3/t16-,17-/m1/s1. The van der Waals surface area contributed by atoms with Gasteiger partial charge < -0.3 is 10.0 Å². The summed E-state index contributed by atoms with van der Waals surface area (Å²) in [5, 5.41) is 9.51. The molecule has 0 radical (unpaired) electrons. The van der Waals surface area contributed by atoms with Gasteiger partial charge in [0.05, 0.1) is 0 Å². The van der Waals surface area contributed by atoms with Gasteiger partial charge in [0, 0.05) is 19.7 Å². The molecule has 106 valence electrons. The van der Waals surface area contributed by atoms with Crippen LogP contribution in [0.3, 0.4) is 0 Å². The SMILES string of the molecule is CCCN1C[C@@H](CCCc2ccccc2)[C@@H](CO)C1. The molecule has 1 aromatic rings. The Morgan fingerprint density at radius 3 is 2.58 bits per heavy atom. The summed E-state index contributed by atoms with van der Waals surface area (Å²) in [5.41, 5.74) is 1.44. The third-order valence-corrected chi connectivity index (χ3v) is 4.31. The van der Waals surface area contributed by atoms with Crippen LogP contribution in [0.2, 0.25) is 0 Å². The van der Waals surface area contributed by atoms with Crippen LogP contribution >= 0.6 is 0 Å². The molecule has 2 atom stereocenters. The number of aliphatic hydroxyl groups excluding tert-OH is 1. The number of aliphatic hydroxyl groups is 1. The number of hydrogen-bond donors (Lipinski definition) is 1. The van der Waals surface area contributed by atoms with E-state index in [0.29, 0.717) is 18.4 Å². The van der Waals surface area contributed by atoms with Crippen LogP contribution in [0.15, 0.2) is 30.3 Å². The molecule has 1 heterocycles. The number of hydrogen-bond acceptors (Lipinski definition) is 2. The van der Waals surface area contributed by atoms with E-state index in [2.05, 4.69) is 42.2 Å². The van der Waals surface area contributed by atoms with Gasteiger partial charge in [-0.15, -0.1) is 0 Å². The Balaban J connectivity index is 1.75. The zero-order valence-corrected chi connectivity index (χ0v) is 12.1. The first kappa shape index (κ1) is 14.5. The quantitative estimate of drug-likeness (QED) is 0.815. The van der Waals surface area contributed by atoms with Crippen molar-refractivity contribution < 1.29 is 5.11 Å². The maximum absolute atomic E-state index is 9.51. The first-order valence-corrected chi connectivity index (χ1v) is 7.70. The van der Waals surface area contributed by atoms with Gasteiger partial charge in [-0.25, -0.2) is 0 Å². The van der Waals surface area contributed by atoms with E-state index >= 15 is 0 Å². The number of aryl methyl sites for hydroxylation is 1. The minimum absolute atomic E-state index is 0.357. The topological polar surface area (TPSA) is 23.5 Å². The lowest BCUT2D eigenvalue weighted by atomic mass is 9.91. The molecule has 0 unspecified atom stereocenters. The molecule has 19 heavy (non-hydrogen) atoms. The summed E-state index contributed by atoms with van der Waals surface area (Å²) < 4.78 is 0. The van der Waals surface area contributed by atoms with Gasteiger partial charge in [-0.2, -0.15) is 0 Å². The van der Waals surface area contributed by atoms with Crippen molar-refractivity contribution in [2.24, 2.45) is 11.8 Å². The van der Waals surface area contributed by atoms with E-state index in [1.807, 2.05) is 0 Å². The Kier molecular flexibility index (Phi) is 5.87. The van der Waals surface area contributed by atoms with E-state index < -0.39 is 0 Å². The second-order valence-electron chi connectivity index (χ2n) is 5.84.